The van der Waals surface area contributed by atoms with E-state index in [4.69, 9.17) is 4.74 Å². The van der Waals surface area contributed by atoms with Gasteiger partial charge in [-0.1, -0.05) is 43.7 Å². The van der Waals surface area contributed by atoms with Crippen LogP contribution in [0.4, 0.5) is 0 Å². The molecular formula is C16H24N2O2. The van der Waals surface area contributed by atoms with E-state index in [0.29, 0.717) is 13.2 Å². The molecule has 1 aliphatic heterocycles. The average Bonchev–Trinajstić information content (AvgIpc) is 2.96. The molecule has 110 valence electrons. The minimum Gasteiger partial charge on any atom is -0.379 e. The molecule has 20 heavy (non-hydrogen) atoms. The van der Waals surface area contributed by atoms with Crippen LogP contribution < -0.4 is 10.6 Å². The fourth-order valence-corrected chi connectivity index (χ4v) is 2.67. The number of carbonyl (C=O) groups excluding carboxylic acids is 1. The number of ether oxygens (including phenoxy) is 1. The van der Waals surface area contributed by atoms with Crippen molar-refractivity contribution in [2.45, 2.75) is 31.8 Å². The van der Waals surface area contributed by atoms with Crippen molar-refractivity contribution in [3.8, 4) is 0 Å². The predicted octanol–water partition coefficient (Wildman–Crippen LogP) is 1.88. The number of likely N-dealkylation sites (N-methyl/N-ethyl adjacent to an activating group) is 1. The minimum absolute atomic E-state index is 0.0872. The lowest BCUT2D eigenvalue weighted by molar-refractivity contribution is -0.126. The predicted molar refractivity (Wildman–Crippen MR) is 79.4 cm³/mol. The molecule has 1 fully saturated rings. The highest BCUT2D eigenvalue weighted by atomic mass is 16.5. The topological polar surface area (TPSA) is 50.4 Å². The van der Waals surface area contributed by atoms with Gasteiger partial charge in [-0.05, 0) is 19.0 Å². The van der Waals surface area contributed by atoms with E-state index >= 15 is 0 Å². The van der Waals surface area contributed by atoms with E-state index in [0.717, 1.165) is 12.8 Å². The van der Waals surface area contributed by atoms with Crippen molar-refractivity contribution in [1.82, 2.24) is 10.6 Å². The summed E-state index contributed by atoms with van der Waals surface area (Å²) in [7, 11) is 1.88. The molecule has 1 heterocycles. The lowest BCUT2D eigenvalue weighted by atomic mass is 9.99. The SMILES string of the molecule is CCCC(NC(=O)C1COCC1NC)c1ccccc1. The van der Waals surface area contributed by atoms with Crippen LogP contribution in [0, 0.1) is 5.92 Å². The number of hydrogen-bond donors (Lipinski definition) is 2. The van der Waals surface area contributed by atoms with Crippen molar-refractivity contribution < 1.29 is 9.53 Å². The number of carbonyl (C=O) groups is 1. The van der Waals surface area contributed by atoms with Gasteiger partial charge in [-0.2, -0.15) is 0 Å². The van der Waals surface area contributed by atoms with Gasteiger partial charge in [0.15, 0.2) is 0 Å². The number of amides is 1. The Balaban J connectivity index is 2.03. The Bertz CT molecular complexity index is 422. The van der Waals surface area contributed by atoms with E-state index in [1.54, 1.807) is 0 Å². The Hall–Kier alpha value is -1.39. The third-order valence-electron chi connectivity index (χ3n) is 3.88. The Morgan fingerprint density at radius 2 is 2.10 bits per heavy atom. The molecule has 1 saturated heterocycles. The highest BCUT2D eigenvalue weighted by Crippen LogP contribution is 2.21. The maximum atomic E-state index is 12.4. The molecule has 4 heteroatoms. The summed E-state index contributed by atoms with van der Waals surface area (Å²) < 4.78 is 5.41. The fraction of sp³-hybridized carbons (Fsp3) is 0.562. The van der Waals surface area contributed by atoms with Crippen molar-refractivity contribution in [2.75, 3.05) is 20.3 Å². The zero-order chi connectivity index (χ0) is 14.4. The van der Waals surface area contributed by atoms with Gasteiger partial charge >= 0.3 is 0 Å². The summed E-state index contributed by atoms with van der Waals surface area (Å²) >= 11 is 0. The van der Waals surface area contributed by atoms with Gasteiger partial charge in [-0.25, -0.2) is 0 Å². The highest BCUT2D eigenvalue weighted by molar-refractivity contribution is 5.80. The zero-order valence-electron chi connectivity index (χ0n) is 12.3. The number of nitrogens with one attached hydrogen (secondary N) is 2. The Kier molecular flexibility index (Phi) is 5.56. The standard InChI is InChI=1S/C16H24N2O2/c1-3-7-14(12-8-5-4-6-9-12)18-16(19)13-10-20-11-15(13)17-2/h4-6,8-9,13-15,17H,3,7,10-11H2,1-2H3,(H,18,19). The maximum Gasteiger partial charge on any atom is 0.227 e. The van der Waals surface area contributed by atoms with E-state index in [-0.39, 0.29) is 23.9 Å². The fourth-order valence-electron chi connectivity index (χ4n) is 2.67. The summed E-state index contributed by atoms with van der Waals surface area (Å²) in [6.45, 7) is 3.25. The van der Waals surface area contributed by atoms with Gasteiger partial charge in [-0.3, -0.25) is 4.79 Å². The molecule has 3 unspecified atom stereocenters. The number of benzene rings is 1. The molecule has 1 aromatic carbocycles. The van der Waals surface area contributed by atoms with Crippen LogP contribution >= 0.6 is 0 Å². The van der Waals surface area contributed by atoms with Gasteiger partial charge in [0.1, 0.15) is 0 Å². The lowest BCUT2D eigenvalue weighted by Crippen LogP contribution is -2.43. The third-order valence-corrected chi connectivity index (χ3v) is 3.88. The van der Waals surface area contributed by atoms with Crippen molar-refractivity contribution >= 4 is 5.91 Å². The summed E-state index contributed by atoms with van der Waals surface area (Å²) in [5, 5.41) is 6.34. The molecule has 2 rings (SSSR count). The molecule has 2 N–H and O–H groups in total. The second kappa shape index (κ2) is 7.41. The molecule has 0 aliphatic carbocycles. The number of rotatable bonds is 6. The van der Waals surface area contributed by atoms with Crippen LogP contribution in [0.25, 0.3) is 0 Å². The lowest BCUT2D eigenvalue weighted by Gasteiger charge is -2.23. The van der Waals surface area contributed by atoms with Gasteiger partial charge < -0.3 is 15.4 Å². The van der Waals surface area contributed by atoms with Gasteiger partial charge in [0.25, 0.3) is 0 Å². The van der Waals surface area contributed by atoms with Crippen LogP contribution in [0.3, 0.4) is 0 Å². The Morgan fingerprint density at radius 3 is 2.75 bits per heavy atom. The van der Waals surface area contributed by atoms with E-state index in [9.17, 15) is 4.79 Å². The van der Waals surface area contributed by atoms with E-state index in [1.807, 2.05) is 25.2 Å². The van der Waals surface area contributed by atoms with Gasteiger partial charge in [0.2, 0.25) is 5.91 Å². The molecule has 0 bridgehead atoms. The quantitative estimate of drug-likeness (QED) is 0.834. The first-order valence-corrected chi connectivity index (χ1v) is 7.36. The molecule has 1 aliphatic rings. The van der Waals surface area contributed by atoms with E-state index in [2.05, 4.69) is 29.7 Å². The van der Waals surface area contributed by atoms with Crippen LogP contribution in [-0.4, -0.2) is 32.2 Å². The maximum absolute atomic E-state index is 12.4. The smallest absolute Gasteiger partial charge is 0.227 e. The van der Waals surface area contributed by atoms with E-state index in [1.165, 1.54) is 5.56 Å². The molecule has 3 atom stereocenters. The monoisotopic (exact) mass is 276 g/mol. The average molecular weight is 276 g/mol. The van der Waals surface area contributed by atoms with Crippen molar-refractivity contribution in [3.63, 3.8) is 0 Å². The van der Waals surface area contributed by atoms with Crippen LogP contribution in [0.2, 0.25) is 0 Å². The molecule has 0 aromatic heterocycles. The molecule has 1 aromatic rings. The first-order valence-electron chi connectivity index (χ1n) is 7.36. The second-order valence-electron chi connectivity index (χ2n) is 5.30. The van der Waals surface area contributed by atoms with Gasteiger partial charge in [0.05, 0.1) is 25.2 Å². The summed E-state index contributed by atoms with van der Waals surface area (Å²) in [5.74, 6) is -0.00720. The van der Waals surface area contributed by atoms with Crippen molar-refractivity contribution in [2.24, 2.45) is 5.92 Å². The molecule has 0 radical (unpaired) electrons. The summed E-state index contributed by atoms with van der Waals surface area (Å²) in [6.07, 6.45) is 1.99. The van der Waals surface area contributed by atoms with Crippen LogP contribution in [0.1, 0.15) is 31.4 Å². The molecule has 4 nitrogen and oxygen atoms in total. The first kappa shape index (κ1) is 15.0. The summed E-state index contributed by atoms with van der Waals surface area (Å²) in [6, 6.07) is 10.4. The number of hydrogen-bond acceptors (Lipinski definition) is 3. The summed E-state index contributed by atoms with van der Waals surface area (Å²) in [5.41, 5.74) is 1.17. The molecule has 0 spiro atoms. The first-order chi connectivity index (χ1) is 9.76. The largest absolute Gasteiger partial charge is 0.379 e. The molecule has 1 amide bonds. The minimum atomic E-state index is -0.0944. The van der Waals surface area contributed by atoms with Gasteiger partial charge in [0, 0.05) is 6.04 Å². The van der Waals surface area contributed by atoms with Gasteiger partial charge in [-0.15, -0.1) is 0 Å². The van der Waals surface area contributed by atoms with Crippen LogP contribution in [-0.2, 0) is 9.53 Å². The summed E-state index contributed by atoms with van der Waals surface area (Å²) in [4.78, 5) is 12.4. The van der Waals surface area contributed by atoms with Crippen LogP contribution in [0.5, 0.6) is 0 Å². The second-order valence-corrected chi connectivity index (χ2v) is 5.30. The van der Waals surface area contributed by atoms with Crippen molar-refractivity contribution in [3.05, 3.63) is 35.9 Å². The molecule has 0 saturated carbocycles. The van der Waals surface area contributed by atoms with E-state index < -0.39 is 0 Å². The third kappa shape index (κ3) is 3.58. The highest BCUT2D eigenvalue weighted by Gasteiger charge is 2.33. The zero-order valence-corrected chi connectivity index (χ0v) is 12.3. The Labute approximate surface area is 120 Å². The van der Waals surface area contributed by atoms with Crippen LogP contribution in [0.15, 0.2) is 30.3 Å². The molecular weight excluding hydrogens is 252 g/mol. The normalized spacial score (nSPS) is 23.5. The Morgan fingerprint density at radius 1 is 1.35 bits per heavy atom. The van der Waals surface area contributed by atoms with Crippen molar-refractivity contribution in [1.29, 1.82) is 0 Å².